The highest BCUT2D eigenvalue weighted by Gasteiger charge is 2.08. The number of ether oxygens (including phenoxy) is 1. The van der Waals surface area contributed by atoms with Crippen molar-refractivity contribution < 1.29 is 14.5 Å². The minimum Gasteiger partial charge on any atom is -0.457 e. The quantitative estimate of drug-likeness (QED) is 0.265. The fraction of sp³-hybridized carbons (Fsp3) is 0.0455. The Labute approximate surface area is 156 Å². The second kappa shape index (κ2) is 8.58. The number of hydrogen-bond donors (Lipinski definition) is 0. The van der Waals surface area contributed by atoms with E-state index in [1.165, 1.54) is 12.1 Å². The molecule has 0 bridgehead atoms. The maximum Gasteiger partial charge on any atom is 0.338 e. The van der Waals surface area contributed by atoms with Crippen LogP contribution >= 0.6 is 0 Å². The summed E-state index contributed by atoms with van der Waals surface area (Å²) in [5.41, 5.74) is 3.23. The van der Waals surface area contributed by atoms with E-state index < -0.39 is 10.9 Å². The van der Waals surface area contributed by atoms with Crippen LogP contribution in [0.25, 0.3) is 12.2 Å². The van der Waals surface area contributed by atoms with E-state index in [0.717, 1.165) is 11.1 Å². The van der Waals surface area contributed by atoms with E-state index in [1.807, 2.05) is 54.6 Å². The largest absolute Gasteiger partial charge is 0.457 e. The Balaban J connectivity index is 1.57. The van der Waals surface area contributed by atoms with Gasteiger partial charge in [0.15, 0.2) is 0 Å². The van der Waals surface area contributed by atoms with Gasteiger partial charge in [0, 0.05) is 12.1 Å². The Morgan fingerprint density at radius 2 is 1.44 bits per heavy atom. The molecule has 0 aliphatic carbocycles. The van der Waals surface area contributed by atoms with Crippen molar-refractivity contribution in [3.63, 3.8) is 0 Å². The van der Waals surface area contributed by atoms with Crippen molar-refractivity contribution in [3.8, 4) is 0 Å². The number of nitro groups is 1. The number of carbonyl (C=O) groups excluding carboxylic acids is 1. The Bertz CT molecular complexity index is 946. The average Bonchev–Trinajstić information content (AvgIpc) is 2.72. The molecule has 0 heterocycles. The van der Waals surface area contributed by atoms with E-state index in [9.17, 15) is 14.9 Å². The first-order valence-electron chi connectivity index (χ1n) is 8.35. The minimum atomic E-state index is -0.469. The summed E-state index contributed by atoms with van der Waals surface area (Å²) in [4.78, 5) is 22.3. The van der Waals surface area contributed by atoms with Gasteiger partial charge in [-0.3, -0.25) is 10.1 Å². The van der Waals surface area contributed by atoms with Crippen LogP contribution in [-0.2, 0) is 11.3 Å². The minimum absolute atomic E-state index is 0.00391. The van der Waals surface area contributed by atoms with E-state index in [-0.39, 0.29) is 12.3 Å². The van der Waals surface area contributed by atoms with Gasteiger partial charge in [0.2, 0.25) is 0 Å². The van der Waals surface area contributed by atoms with Crippen LogP contribution in [0, 0.1) is 10.1 Å². The van der Waals surface area contributed by atoms with Crippen LogP contribution in [0.1, 0.15) is 27.0 Å². The molecule has 5 heteroatoms. The summed E-state index contributed by atoms with van der Waals surface area (Å²) < 4.78 is 5.26. The number of rotatable bonds is 6. The van der Waals surface area contributed by atoms with Gasteiger partial charge < -0.3 is 4.74 Å². The molecule has 0 saturated carbocycles. The molecule has 0 unspecified atom stereocenters. The molecule has 0 saturated heterocycles. The lowest BCUT2D eigenvalue weighted by Gasteiger charge is -2.05. The highest BCUT2D eigenvalue weighted by Crippen LogP contribution is 2.14. The fourth-order valence-electron chi connectivity index (χ4n) is 2.43. The van der Waals surface area contributed by atoms with Crippen molar-refractivity contribution in [1.82, 2.24) is 0 Å². The lowest BCUT2D eigenvalue weighted by molar-refractivity contribution is -0.384. The van der Waals surface area contributed by atoms with Crippen molar-refractivity contribution in [2.45, 2.75) is 6.61 Å². The summed E-state index contributed by atoms with van der Waals surface area (Å²) in [7, 11) is 0. The highest BCUT2D eigenvalue weighted by molar-refractivity contribution is 5.89. The van der Waals surface area contributed by atoms with Crippen LogP contribution < -0.4 is 0 Å². The third-order valence-electron chi connectivity index (χ3n) is 3.93. The van der Waals surface area contributed by atoms with E-state index in [0.29, 0.717) is 11.1 Å². The topological polar surface area (TPSA) is 69.4 Å². The van der Waals surface area contributed by atoms with Crippen molar-refractivity contribution >= 4 is 23.8 Å². The second-order valence-corrected chi connectivity index (χ2v) is 5.87. The molecule has 0 aromatic heterocycles. The lowest BCUT2D eigenvalue weighted by Crippen LogP contribution is -2.05. The number of nitro benzene ring substituents is 1. The van der Waals surface area contributed by atoms with Crippen LogP contribution in [-0.4, -0.2) is 10.9 Å². The zero-order chi connectivity index (χ0) is 19.1. The first-order chi connectivity index (χ1) is 13.1. The summed E-state index contributed by atoms with van der Waals surface area (Å²) in [6, 6.07) is 23.0. The lowest BCUT2D eigenvalue weighted by atomic mass is 10.1. The van der Waals surface area contributed by atoms with Crippen molar-refractivity contribution in [2.24, 2.45) is 0 Å². The third kappa shape index (κ3) is 5.12. The van der Waals surface area contributed by atoms with Gasteiger partial charge in [-0.25, -0.2) is 4.79 Å². The van der Waals surface area contributed by atoms with Crippen molar-refractivity contribution in [1.29, 1.82) is 0 Å². The number of nitrogens with zero attached hydrogens (tertiary/aromatic N) is 1. The van der Waals surface area contributed by atoms with Gasteiger partial charge in [-0.05, 0) is 41.0 Å². The molecule has 0 fully saturated rings. The summed E-state index contributed by atoms with van der Waals surface area (Å²) in [5.74, 6) is -0.438. The molecule has 3 aromatic carbocycles. The Morgan fingerprint density at radius 3 is 2.04 bits per heavy atom. The Morgan fingerprint density at radius 1 is 0.852 bits per heavy atom. The van der Waals surface area contributed by atoms with Gasteiger partial charge in [-0.2, -0.15) is 0 Å². The third-order valence-corrected chi connectivity index (χ3v) is 3.93. The monoisotopic (exact) mass is 359 g/mol. The van der Waals surface area contributed by atoms with E-state index >= 15 is 0 Å². The molecule has 0 radical (unpaired) electrons. The highest BCUT2D eigenvalue weighted by atomic mass is 16.6. The van der Waals surface area contributed by atoms with Gasteiger partial charge in [0.1, 0.15) is 6.61 Å². The molecule has 3 rings (SSSR count). The number of hydrogen-bond acceptors (Lipinski definition) is 4. The summed E-state index contributed by atoms with van der Waals surface area (Å²) in [6.07, 6.45) is 3.98. The smallest absolute Gasteiger partial charge is 0.338 e. The van der Waals surface area contributed by atoms with E-state index in [1.54, 1.807) is 24.3 Å². The van der Waals surface area contributed by atoms with Crippen LogP contribution in [0.15, 0.2) is 78.9 Å². The molecular weight excluding hydrogens is 342 g/mol. The molecule has 5 nitrogen and oxygen atoms in total. The summed E-state index contributed by atoms with van der Waals surface area (Å²) in [5, 5.41) is 10.6. The first kappa shape index (κ1) is 18.1. The number of benzene rings is 3. The molecule has 3 aromatic rings. The van der Waals surface area contributed by atoms with Crippen LogP contribution in [0.5, 0.6) is 0 Å². The molecule has 0 amide bonds. The number of carbonyl (C=O) groups is 1. The second-order valence-electron chi connectivity index (χ2n) is 5.87. The summed E-state index contributed by atoms with van der Waals surface area (Å²) in [6.45, 7) is 0.0620. The van der Waals surface area contributed by atoms with Crippen molar-refractivity contribution in [3.05, 3.63) is 111 Å². The average molecular weight is 359 g/mol. The molecular formula is C22H17NO4. The van der Waals surface area contributed by atoms with Gasteiger partial charge in [0.05, 0.1) is 10.5 Å². The zero-order valence-corrected chi connectivity index (χ0v) is 14.4. The summed E-state index contributed by atoms with van der Waals surface area (Å²) >= 11 is 0. The zero-order valence-electron chi connectivity index (χ0n) is 14.4. The predicted molar refractivity (Wildman–Crippen MR) is 104 cm³/mol. The maximum atomic E-state index is 12.1. The van der Waals surface area contributed by atoms with E-state index in [2.05, 4.69) is 0 Å². The normalized spacial score (nSPS) is 10.7. The van der Waals surface area contributed by atoms with Gasteiger partial charge in [-0.15, -0.1) is 0 Å². The number of non-ortho nitro benzene ring substituents is 1. The van der Waals surface area contributed by atoms with Crippen LogP contribution in [0.3, 0.4) is 0 Å². The molecule has 0 N–H and O–H groups in total. The maximum absolute atomic E-state index is 12.1. The van der Waals surface area contributed by atoms with Gasteiger partial charge in [-0.1, -0.05) is 54.6 Å². The molecule has 0 aliphatic rings. The SMILES string of the molecule is O=C(OCc1ccc([N+](=O)[O-])cc1)c1ccc(/C=C/c2ccccc2)cc1. The fourth-order valence-corrected chi connectivity index (χ4v) is 2.43. The van der Waals surface area contributed by atoms with E-state index in [4.69, 9.17) is 4.74 Å². The molecule has 0 atom stereocenters. The molecule has 134 valence electrons. The molecule has 0 aliphatic heterocycles. The van der Waals surface area contributed by atoms with Crippen molar-refractivity contribution in [2.75, 3.05) is 0 Å². The Hall–Kier alpha value is -3.73. The van der Waals surface area contributed by atoms with Crippen LogP contribution in [0.4, 0.5) is 5.69 Å². The molecule has 0 spiro atoms. The predicted octanol–water partition coefficient (Wildman–Crippen LogP) is 5.12. The van der Waals surface area contributed by atoms with Gasteiger partial charge >= 0.3 is 5.97 Å². The van der Waals surface area contributed by atoms with Crippen LogP contribution in [0.2, 0.25) is 0 Å². The standard InChI is InChI=1S/C22H17NO4/c24-22(27-16-19-10-14-21(15-11-19)23(25)26)20-12-8-18(9-13-20)7-6-17-4-2-1-3-5-17/h1-15H,16H2/b7-6+. The molecule has 27 heavy (non-hydrogen) atoms. The Kier molecular flexibility index (Phi) is 5.74. The number of esters is 1. The first-order valence-corrected chi connectivity index (χ1v) is 8.35. The van der Waals surface area contributed by atoms with Gasteiger partial charge in [0.25, 0.3) is 5.69 Å².